The van der Waals surface area contributed by atoms with E-state index in [4.69, 9.17) is 26.8 Å². The van der Waals surface area contributed by atoms with E-state index in [0.717, 1.165) is 18.2 Å². The van der Waals surface area contributed by atoms with Gasteiger partial charge in [0.05, 0.1) is 30.1 Å². The van der Waals surface area contributed by atoms with Gasteiger partial charge in [0.25, 0.3) is 5.91 Å². The molecule has 4 aromatic rings. The highest BCUT2D eigenvalue weighted by molar-refractivity contribution is 6.31. The van der Waals surface area contributed by atoms with Crippen molar-refractivity contribution in [1.29, 1.82) is 0 Å². The lowest BCUT2D eigenvalue weighted by Crippen LogP contribution is -2.52. The molecule has 1 unspecified atom stereocenters. The second-order valence-corrected chi connectivity index (χ2v) is 11.1. The van der Waals surface area contributed by atoms with Crippen molar-refractivity contribution in [2.75, 3.05) is 20.3 Å². The number of carbonyl (C=O) groups is 2. The van der Waals surface area contributed by atoms with E-state index in [9.17, 15) is 32.3 Å². The van der Waals surface area contributed by atoms with Crippen LogP contribution in [0.3, 0.4) is 0 Å². The van der Waals surface area contributed by atoms with Crippen molar-refractivity contribution in [3.63, 3.8) is 0 Å². The normalized spacial score (nSPS) is 17.4. The maximum Gasteiger partial charge on any atom is 0.424 e. The minimum absolute atomic E-state index is 0.0187. The van der Waals surface area contributed by atoms with E-state index in [0.29, 0.717) is 21.6 Å². The van der Waals surface area contributed by atoms with Crippen molar-refractivity contribution in [1.82, 2.24) is 15.3 Å². The molecule has 0 saturated carbocycles. The van der Waals surface area contributed by atoms with E-state index in [1.807, 2.05) is 0 Å². The number of halogens is 5. The van der Waals surface area contributed by atoms with Crippen LogP contribution in [0.2, 0.25) is 5.02 Å². The Morgan fingerprint density at radius 3 is 2.44 bits per heavy atom. The second kappa shape index (κ2) is 11.5. The second-order valence-electron chi connectivity index (χ2n) is 10.7. The van der Waals surface area contributed by atoms with Crippen molar-refractivity contribution in [3.8, 4) is 22.8 Å². The van der Waals surface area contributed by atoms with Crippen molar-refractivity contribution in [2.45, 2.75) is 37.5 Å². The van der Waals surface area contributed by atoms with Crippen LogP contribution in [0.4, 0.5) is 17.6 Å². The summed E-state index contributed by atoms with van der Waals surface area (Å²) >= 11 is 6.18. The monoisotopic (exact) mass is 646 g/mol. The van der Waals surface area contributed by atoms with E-state index in [1.165, 1.54) is 37.4 Å². The Hall–Kier alpha value is -4.49. The van der Waals surface area contributed by atoms with Crippen LogP contribution in [0.1, 0.15) is 40.7 Å². The number of hydrogen-bond acceptors (Lipinski definition) is 7. The first-order valence-electron chi connectivity index (χ1n) is 13.6. The highest BCUT2D eigenvalue weighted by Gasteiger charge is 2.58. The van der Waals surface area contributed by atoms with Crippen LogP contribution in [0.15, 0.2) is 48.5 Å². The molecule has 2 atom stereocenters. The summed E-state index contributed by atoms with van der Waals surface area (Å²) in [4.78, 5) is 34.3. The molecule has 1 aliphatic rings. The summed E-state index contributed by atoms with van der Waals surface area (Å²) in [6.45, 7) is 1.64. The van der Waals surface area contributed by atoms with Crippen LogP contribution in [0, 0.1) is 12.7 Å². The zero-order valence-electron chi connectivity index (χ0n) is 24.2. The molecule has 236 valence electrons. The summed E-state index contributed by atoms with van der Waals surface area (Å²) in [5, 5.41) is 14.2. The number of amides is 2. The van der Waals surface area contributed by atoms with Gasteiger partial charge in [-0.15, -0.1) is 0 Å². The van der Waals surface area contributed by atoms with Crippen LogP contribution in [0.25, 0.3) is 22.2 Å². The number of hydrogen-bond donors (Lipinski definition) is 3. The topological polar surface area (TPSA) is 137 Å². The number of aromatic nitrogens is 2. The van der Waals surface area contributed by atoms with Crippen LogP contribution in [-0.2, 0) is 15.8 Å². The van der Waals surface area contributed by atoms with E-state index in [1.54, 1.807) is 13.8 Å². The van der Waals surface area contributed by atoms with Gasteiger partial charge in [0.1, 0.15) is 40.5 Å². The van der Waals surface area contributed by atoms with Gasteiger partial charge in [-0.2, -0.15) is 13.2 Å². The minimum atomic E-state index is -5.38. The smallest absolute Gasteiger partial charge is 0.424 e. The Balaban J connectivity index is 1.60. The van der Waals surface area contributed by atoms with E-state index < -0.39 is 47.1 Å². The molecule has 2 aromatic carbocycles. The van der Waals surface area contributed by atoms with Crippen molar-refractivity contribution >= 4 is 34.3 Å². The molecule has 1 aliphatic heterocycles. The number of fused-ring (bicyclic) bond motifs is 2. The first-order chi connectivity index (χ1) is 21.1. The Labute approximate surface area is 259 Å². The zero-order valence-corrected chi connectivity index (χ0v) is 24.9. The summed E-state index contributed by atoms with van der Waals surface area (Å²) < 4.78 is 69.1. The highest BCUT2D eigenvalue weighted by Crippen LogP contribution is 2.49. The fraction of sp³-hybridized carbons (Fsp3) is 0.290. The van der Waals surface area contributed by atoms with Crippen molar-refractivity contribution < 1.29 is 41.7 Å². The van der Waals surface area contributed by atoms with Crippen molar-refractivity contribution in [3.05, 3.63) is 81.9 Å². The maximum absolute atomic E-state index is 14.8. The first-order valence-corrected chi connectivity index (χ1v) is 14.0. The largest absolute Gasteiger partial charge is 0.494 e. The summed E-state index contributed by atoms with van der Waals surface area (Å²) in [5.41, 5.74) is 0.244. The highest BCUT2D eigenvalue weighted by atomic mass is 35.5. The quantitative estimate of drug-likeness (QED) is 0.226. The number of pyridine rings is 2. The molecule has 0 fully saturated rings. The molecule has 0 bridgehead atoms. The number of ether oxygens (including phenoxy) is 2. The van der Waals surface area contributed by atoms with Gasteiger partial charge in [-0.05, 0) is 61.9 Å². The fourth-order valence-corrected chi connectivity index (χ4v) is 5.41. The number of nitrogens with zero attached hydrogens (tertiary/aromatic N) is 2. The molecule has 2 aromatic heterocycles. The Morgan fingerprint density at radius 2 is 1.84 bits per heavy atom. The number of primary amides is 1. The molecule has 14 heteroatoms. The SMILES string of the molecule is CC[C@]1(C(N)=O)COc2c1cc(C(O)(CNC(=O)c1cc(OC)c3nc(C)c(Cl)cc3c1)C(F)(F)F)nc2-c1ccc(F)cc1. The average Bonchev–Trinajstić information content (AvgIpc) is 3.39. The van der Waals surface area contributed by atoms with Crippen LogP contribution >= 0.6 is 11.6 Å². The molecule has 0 radical (unpaired) electrons. The average molecular weight is 647 g/mol. The fourth-order valence-electron chi connectivity index (χ4n) is 5.25. The number of nitrogens with one attached hydrogen (secondary N) is 1. The van der Waals surface area contributed by atoms with E-state index in [-0.39, 0.29) is 46.9 Å². The summed E-state index contributed by atoms with van der Waals surface area (Å²) in [6.07, 6.45) is -5.32. The number of aliphatic hydroxyl groups is 1. The predicted molar refractivity (Wildman–Crippen MR) is 157 cm³/mol. The van der Waals surface area contributed by atoms with Crippen LogP contribution < -0.4 is 20.5 Å². The van der Waals surface area contributed by atoms with Gasteiger partial charge in [0.15, 0.2) is 0 Å². The number of rotatable bonds is 8. The molecule has 0 saturated heterocycles. The molecular weight excluding hydrogens is 620 g/mol. The van der Waals surface area contributed by atoms with Gasteiger partial charge < -0.3 is 25.6 Å². The van der Waals surface area contributed by atoms with Gasteiger partial charge >= 0.3 is 6.18 Å². The van der Waals surface area contributed by atoms with E-state index in [2.05, 4.69) is 15.3 Å². The Kier molecular flexibility index (Phi) is 8.13. The van der Waals surface area contributed by atoms with Crippen LogP contribution in [0.5, 0.6) is 11.5 Å². The third kappa shape index (κ3) is 5.39. The lowest BCUT2D eigenvalue weighted by molar-refractivity contribution is -0.265. The summed E-state index contributed by atoms with van der Waals surface area (Å²) in [7, 11) is 1.34. The third-order valence-electron chi connectivity index (χ3n) is 8.04. The number of aryl methyl sites for hydroxylation is 1. The van der Waals surface area contributed by atoms with E-state index >= 15 is 0 Å². The molecule has 4 N–H and O–H groups in total. The van der Waals surface area contributed by atoms with Crippen LogP contribution in [-0.4, -0.2) is 53.3 Å². The minimum Gasteiger partial charge on any atom is -0.494 e. The Morgan fingerprint density at radius 1 is 1.16 bits per heavy atom. The maximum atomic E-state index is 14.8. The summed E-state index contributed by atoms with van der Waals surface area (Å²) in [6, 6.07) is 9.81. The predicted octanol–water partition coefficient (Wildman–Crippen LogP) is 5.11. The molecule has 0 aliphatic carbocycles. The summed E-state index contributed by atoms with van der Waals surface area (Å²) in [5.74, 6) is -2.29. The Bertz CT molecular complexity index is 1840. The number of nitrogens with two attached hydrogens (primary N) is 1. The molecule has 5 rings (SSSR count). The number of benzene rings is 2. The zero-order chi connectivity index (χ0) is 32.9. The third-order valence-corrected chi connectivity index (χ3v) is 8.42. The standard InChI is InChI=1S/C31H27ClF4N4O5/c1-4-29(28(37)42)14-45-26-20(29)12-23(40-25(26)16-5-7-19(33)8-6-16)30(43,31(34,35)36)13-38-27(41)18-9-17-10-21(32)15(2)39-24(17)22(11-18)44-3/h5-12,43H,4,13-14H2,1-3H3,(H2,37,42)(H,38,41)/t29-,30?/m0/s1. The van der Waals surface area contributed by atoms with Gasteiger partial charge in [0, 0.05) is 22.1 Å². The number of alkyl halides is 3. The molecule has 3 heterocycles. The molecule has 9 nitrogen and oxygen atoms in total. The molecule has 45 heavy (non-hydrogen) atoms. The molecular formula is C31H27ClF4N4O5. The first kappa shape index (κ1) is 31.9. The number of carbonyl (C=O) groups excluding carboxylic acids is 2. The van der Waals surface area contributed by atoms with Gasteiger partial charge in [-0.3, -0.25) is 9.59 Å². The van der Waals surface area contributed by atoms with Gasteiger partial charge in [-0.25, -0.2) is 14.4 Å². The molecule has 0 spiro atoms. The van der Waals surface area contributed by atoms with Gasteiger partial charge in [0.2, 0.25) is 11.5 Å². The lowest BCUT2D eigenvalue weighted by atomic mass is 9.78. The van der Waals surface area contributed by atoms with Gasteiger partial charge in [-0.1, -0.05) is 18.5 Å². The number of methoxy groups -OCH3 is 1. The van der Waals surface area contributed by atoms with Crippen molar-refractivity contribution in [2.24, 2.45) is 5.73 Å². The lowest BCUT2D eigenvalue weighted by Gasteiger charge is -2.32. The molecule has 2 amide bonds.